The fourth-order valence-corrected chi connectivity index (χ4v) is 4.00. The Balaban J connectivity index is 1.97. The van der Waals surface area contributed by atoms with Crippen LogP contribution in [0.15, 0.2) is 77.7 Å². The Morgan fingerprint density at radius 2 is 1.54 bits per heavy atom. The van der Waals surface area contributed by atoms with Crippen LogP contribution in [0.4, 0.5) is 5.69 Å². The molecular weight excluding hydrogens is 370 g/mol. The van der Waals surface area contributed by atoms with Crippen LogP contribution in [0.1, 0.15) is 46.8 Å². The Bertz CT molecular complexity index is 1090. The van der Waals surface area contributed by atoms with Crippen molar-refractivity contribution >= 4 is 21.5 Å². The Morgan fingerprint density at radius 1 is 0.893 bits per heavy atom. The zero-order chi connectivity index (χ0) is 20.3. The van der Waals surface area contributed by atoms with Crippen LogP contribution < -0.4 is 4.72 Å². The van der Waals surface area contributed by atoms with Crippen molar-refractivity contribution in [3.05, 3.63) is 95.1 Å². The lowest BCUT2D eigenvalue weighted by Crippen LogP contribution is -2.16. The lowest BCUT2D eigenvalue weighted by molar-refractivity contribution is 0.103. The molecule has 0 aromatic heterocycles. The van der Waals surface area contributed by atoms with Gasteiger partial charge in [0.05, 0.1) is 10.6 Å². The van der Waals surface area contributed by atoms with Crippen LogP contribution in [0.25, 0.3) is 0 Å². The number of anilines is 1. The van der Waals surface area contributed by atoms with E-state index in [0.29, 0.717) is 17.0 Å². The van der Waals surface area contributed by atoms with Gasteiger partial charge in [-0.05, 0) is 42.7 Å². The highest BCUT2D eigenvalue weighted by molar-refractivity contribution is 7.92. The molecule has 3 rings (SSSR count). The summed E-state index contributed by atoms with van der Waals surface area (Å²) in [6, 6.07) is 20.7. The van der Waals surface area contributed by atoms with Gasteiger partial charge in [-0.25, -0.2) is 8.42 Å². The molecule has 0 amide bonds. The van der Waals surface area contributed by atoms with E-state index in [4.69, 9.17) is 0 Å². The molecule has 0 aliphatic heterocycles. The summed E-state index contributed by atoms with van der Waals surface area (Å²) in [4.78, 5) is 13.1. The molecule has 3 aromatic rings. The predicted molar refractivity (Wildman–Crippen MR) is 112 cm³/mol. The van der Waals surface area contributed by atoms with Crippen molar-refractivity contribution in [3.8, 4) is 0 Å². The van der Waals surface area contributed by atoms with E-state index >= 15 is 0 Å². The Labute approximate surface area is 166 Å². The van der Waals surface area contributed by atoms with Crippen molar-refractivity contribution in [1.82, 2.24) is 0 Å². The molecule has 28 heavy (non-hydrogen) atoms. The lowest BCUT2D eigenvalue weighted by atomic mass is 10.00. The van der Waals surface area contributed by atoms with Gasteiger partial charge in [0.25, 0.3) is 10.0 Å². The Morgan fingerprint density at radius 3 is 2.14 bits per heavy atom. The number of hydrogen-bond donors (Lipinski definition) is 1. The third-order valence-electron chi connectivity index (χ3n) is 4.56. The van der Waals surface area contributed by atoms with E-state index in [0.717, 1.165) is 11.1 Å². The summed E-state index contributed by atoms with van der Waals surface area (Å²) in [5, 5.41) is 0. The molecule has 1 N–H and O–H groups in total. The summed E-state index contributed by atoms with van der Waals surface area (Å²) in [5.41, 5.74) is 3.05. The zero-order valence-electron chi connectivity index (χ0n) is 16.1. The number of sulfonamides is 1. The molecule has 3 aromatic carbocycles. The van der Waals surface area contributed by atoms with Crippen molar-refractivity contribution < 1.29 is 13.2 Å². The first-order chi connectivity index (χ1) is 13.3. The number of carbonyl (C=O) groups is 1. The van der Waals surface area contributed by atoms with Gasteiger partial charge in [0.1, 0.15) is 0 Å². The van der Waals surface area contributed by atoms with Gasteiger partial charge >= 0.3 is 0 Å². The first-order valence-electron chi connectivity index (χ1n) is 9.11. The molecule has 0 atom stereocenters. The van der Waals surface area contributed by atoms with Gasteiger partial charge in [0.15, 0.2) is 5.78 Å². The van der Waals surface area contributed by atoms with Crippen LogP contribution in [0.2, 0.25) is 0 Å². The summed E-state index contributed by atoms with van der Waals surface area (Å²) >= 11 is 0. The van der Waals surface area contributed by atoms with E-state index in [1.807, 2.05) is 25.1 Å². The first kappa shape index (κ1) is 19.8. The topological polar surface area (TPSA) is 63.2 Å². The minimum absolute atomic E-state index is 0.163. The SMILES string of the molecule is Cc1ccc(NS(=O)(=O)c2ccc(C(C)C)cc2)c(C(=O)c2ccccc2)c1. The normalized spacial score (nSPS) is 11.4. The van der Waals surface area contributed by atoms with Crippen LogP contribution in [-0.4, -0.2) is 14.2 Å². The van der Waals surface area contributed by atoms with E-state index in [2.05, 4.69) is 18.6 Å². The van der Waals surface area contributed by atoms with Crippen molar-refractivity contribution in [2.75, 3.05) is 4.72 Å². The molecule has 5 heteroatoms. The van der Waals surface area contributed by atoms with E-state index < -0.39 is 10.0 Å². The Kier molecular flexibility index (Phi) is 5.66. The fourth-order valence-electron chi connectivity index (χ4n) is 2.92. The average molecular weight is 394 g/mol. The maximum absolute atomic E-state index is 12.9. The minimum atomic E-state index is -3.81. The van der Waals surface area contributed by atoms with E-state index in [1.165, 1.54) is 0 Å². The predicted octanol–water partition coefficient (Wildman–Crippen LogP) is 5.15. The summed E-state index contributed by atoms with van der Waals surface area (Å²) in [6.45, 7) is 5.97. The maximum Gasteiger partial charge on any atom is 0.261 e. The van der Waals surface area contributed by atoms with Gasteiger partial charge in [0, 0.05) is 11.1 Å². The number of aryl methyl sites for hydroxylation is 1. The molecule has 0 bridgehead atoms. The van der Waals surface area contributed by atoms with Crippen molar-refractivity contribution in [3.63, 3.8) is 0 Å². The summed E-state index contributed by atoms with van der Waals surface area (Å²) in [7, 11) is -3.81. The van der Waals surface area contributed by atoms with Crippen LogP contribution in [0.3, 0.4) is 0 Å². The van der Waals surface area contributed by atoms with Gasteiger partial charge in [0.2, 0.25) is 0 Å². The average Bonchev–Trinajstić information content (AvgIpc) is 2.69. The highest BCUT2D eigenvalue weighted by atomic mass is 32.2. The van der Waals surface area contributed by atoms with Gasteiger partial charge in [-0.3, -0.25) is 9.52 Å². The zero-order valence-corrected chi connectivity index (χ0v) is 17.0. The lowest BCUT2D eigenvalue weighted by Gasteiger charge is -2.14. The largest absolute Gasteiger partial charge is 0.289 e. The molecule has 0 saturated heterocycles. The van der Waals surface area contributed by atoms with Crippen molar-refractivity contribution in [1.29, 1.82) is 0 Å². The van der Waals surface area contributed by atoms with Crippen molar-refractivity contribution in [2.24, 2.45) is 0 Å². The molecule has 0 unspecified atom stereocenters. The number of ketones is 1. The van der Waals surface area contributed by atoms with Crippen molar-refractivity contribution in [2.45, 2.75) is 31.6 Å². The summed E-state index contributed by atoms with van der Waals surface area (Å²) in [5.74, 6) is 0.0917. The molecule has 144 valence electrons. The van der Waals surface area contributed by atoms with E-state index in [1.54, 1.807) is 54.6 Å². The van der Waals surface area contributed by atoms with Gasteiger partial charge in [-0.2, -0.15) is 0 Å². The number of nitrogens with one attached hydrogen (secondary N) is 1. The third kappa shape index (κ3) is 4.31. The second-order valence-corrected chi connectivity index (χ2v) is 8.76. The molecule has 0 radical (unpaired) electrons. The number of hydrogen-bond acceptors (Lipinski definition) is 3. The standard InChI is InChI=1S/C23H23NO3S/c1-16(2)18-10-12-20(13-11-18)28(26,27)24-22-14-9-17(3)15-21(22)23(25)19-7-5-4-6-8-19/h4-16,24H,1-3H3. The van der Waals surface area contributed by atoms with Crippen LogP contribution in [0.5, 0.6) is 0 Å². The van der Waals surface area contributed by atoms with E-state index in [-0.39, 0.29) is 16.4 Å². The third-order valence-corrected chi connectivity index (χ3v) is 5.94. The highest BCUT2D eigenvalue weighted by Crippen LogP contribution is 2.25. The molecule has 0 spiro atoms. The monoisotopic (exact) mass is 393 g/mol. The van der Waals surface area contributed by atoms with Crippen LogP contribution >= 0.6 is 0 Å². The minimum Gasteiger partial charge on any atom is -0.289 e. The first-order valence-corrected chi connectivity index (χ1v) is 10.6. The number of rotatable bonds is 6. The van der Waals surface area contributed by atoms with Crippen LogP contribution in [-0.2, 0) is 10.0 Å². The fraction of sp³-hybridized carbons (Fsp3) is 0.174. The van der Waals surface area contributed by atoms with Gasteiger partial charge in [-0.15, -0.1) is 0 Å². The summed E-state index contributed by atoms with van der Waals surface area (Å²) < 4.78 is 28.3. The Hall–Kier alpha value is -2.92. The van der Waals surface area contributed by atoms with E-state index in [9.17, 15) is 13.2 Å². The maximum atomic E-state index is 12.9. The van der Waals surface area contributed by atoms with Crippen LogP contribution in [0, 0.1) is 6.92 Å². The molecule has 4 nitrogen and oxygen atoms in total. The molecule has 0 aliphatic carbocycles. The molecule has 0 aliphatic rings. The molecule has 0 heterocycles. The molecule has 0 saturated carbocycles. The molecular formula is C23H23NO3S. The number of carbonyl (C=O) groups excluding carboxylic acids is 1. The number of benzene rings is 3. The second kappa shape index (κ2) is 7.98. The second-order valence-electron chi connectivity index (χ2n) is 7.07. The van der Waals surface area contributed by atoms with Gasteiger partial charge in [-0.1, -0.05) is 67.9 Å². The quantitative estimate of drug-likeness (QED) is 0.589. The molecule has 0 fully saturated rings. The smallest absolute Gasteiger partial charge is 0.261 e. The summed E-state index contributed by atoms with van der Waals surface area (Å²) in [6.07, 6.45) is 0. The van der Waals surface area contributed by atoms with Gasteiger partial charge < -0.3 is 0 Å². The highest BCUT2D eigenvalue weighted by Gasteiger charge is 2.20.